The minimum atomic E-state index is -0.388. The van der Waals surface area contributed by atoms with E-state index < -0.39 is 0 Å². The summed E-state index contributed by atoms with van der Waals surface area (Å²) in [4.78, 5) is 14.5. The number of hydrogen-bond donors (Lipinski definition) is 2. The van der Waals surface area contributed by atoms with Gasteiger partial charge in [0.1, 0.15) is 11.5 Å². The van der Waals surface area contributed by atoms with Crippen LogP contribution in [0.25, 0.3) is 0 Å². The molecule has 6 nitrogen and oxygen atoms in total. The number of carbonyl (C=O) groups excluding carboxylic acids is 1. The zero-order chi connectivity index (χ0) is 18.5. The number of nitrogens with zero attached hydrogens (tertiary/aromatic N) is 1. The molecular formula is C20H30N2O4. The highest BCUT2D eigenvalue weighted by molar-refractivity contribution is 5.82. The molecule has 2 atom stereocenters. The molecule has 1 amide bonds. The Kier molecular flexibility index (Phi) is 6.38. The first-order chi connectivity index (χ1) is 12.6. The average molecular weight is 362 g/mol. The van der Waals surface area contributed by atoms with Crippen LogP contribution in [0.3, 0.4) is 0 Å². The molecule has 2 heterocycles. The number of aryl methyl sites for hydroxylation is 1. The molecule has 0 spiro atoms. The van der Waals surface area contributed by atoms with E-state index in [1.165, 1.54) is 5.56 Å². The smallest absolute Gasteiger partial charge is 0.239 e. The Labute approximate surface area is 155 Å². The number of carbonyl (C=O) groups is 1. The van der Waals surface area contributed by atoms with E-state index >= 15 is 0 Å². The van der Waals surface area contributed by atoms with Gasteiger partial charge in [-0.2, -0.15) is 0 Å². The van der Waals surface area contributed by atoms with Crippen molar-refractivity contribution in [2.45, 2.75) is 44.2 Å². The lowest BCUT2D eigenvalue weighted by molar-refractivity contribution is -0.134. The molecule has 6 heteroatoms. The summed E-state index contributed by atoms with van der Waals surface area (Å²) in [6, 6.07) is 5.82. The highest BCUT2D eigenvalue weighted by Gasteiger charge is 2.32. The van der Waals surface area contributed by atoms with Crippen molar-refractivity contribution in [1.29, 1.82) is 0 Å². The van der Waals surface area contributed by atoms with Crippen LogP contribution in [0.2, 0.25) is 0 Å². The largest absolute Gasteiger partial charge is 0.497 e. The first-order valence-corrected chi connectivity index (χ1v) is 9.51. The highest BCUT2D eigenvalue weighted by Crippen LogP contribution is 2.27. The molecule has 2 aliphatic heterocycles. The number of piperidine rings is 1. The standard InChI is InChI=1S/C20H30N2O4/c1-25-17-9-15(10-18(12-17)26-2)4-3-14-5-7-22(8-6-14)20(24)19-11-16(23)13-21-19/h9-10,12,14,16,19,21,23H,3-8,11,13H2,1-2H3/t16-,19+/m0/s1. The van der Waals surface area contributed by atoms with E-state index in [0.29, 0.717) is 18.9 Å². The highest BCUT2D eigenvalue weighted by atomic mass is 16.5. The van der Waals surface area contributed by atoms with Gasteiger partial charge in [0.05, 0.1) is 26.4 Å². The van der Waals surface area contributed by atoms with Crippen LogP contribution in [0.15, 0.2) is 18.2 Å². The van der Waals surface area contributed by atoms with Gasteiger partial charge in [-0.1, -0.05) is 0 Å². The number of β-amino-alcohol motifs (C(OH)–C–C–N with tert-alkyl or cyclic N) is 1. The van der Waals surface area contributed by atoms with Gasteiger partial charge in [0.2, 0.25) is 5.91 Å². The van der Waals surface area contributed by atoms with Crippen molar-refractivity contribution in [2.75, 3.05) is 33.9 Å². The van der Waals surface area contributed by atoms with E-state index in [1.807, 2.05) is 11.0 Å². The van der Waals surface area contributed by atoms with Gasteiger partial charge >= 0.3 is 0 Å². The second-order valence-electron chi connectivity index (χ2n) is 7.38. The number of ether oxygens (including phenoxy) is 2. The van der Waals surface area contributed by atoms with Gasteiger partial charge in [-0.25, -0.2) is 0 Å². The molecule has 2 saturated heterocycles. The maximum Gasteiger partial charge on any atom is 0.239 e. The Bertz CT molecular complexity index is 592. The Hall–Kier alpha value is -1.79. The second-order valence-corrected chi connectivity index (χ2v) is 7.38. The van der Waals surface area contributed by atoms with Crippen molar-refractivity contribution < 1.29 is 19.4 Å². The first-order valence-electron chi connectivity index (χ1n) is 9.51. The van der Waals surface area contributed by atoms with Crippen molar-refractivity contribution in [3.05, 3.63) is 23.8 Å². The lowest BCUT2D eigenvalue weighted by Gasteiger charge is -2.33. The zero-order valence-corrected chi connectivity index (χ0v) is 15.7. The third-order valence-electron chi connectivity index (χ3n) is 5.58. The van der Waals surface area contributed by atoms with Crippen LogP contribution in [0.1, 0.15) is 31.2 Å². The zero-order valence-electron chi connectivity index (χ0n) is 15.7. The Morgan fingerprint density at radius 2 is 1.85 bits per heavy atom. The normalized spacial score (nSPS) is 23.9. The van der Waals surface area contributed by atoms with Crippen LogP contribution >= 0.6 is 0 Å². The third kappa shape index (κ3) is 4.68. The summed E-state index contributed by atoms with van der Waals surface area (Å²) in [6.45, 7) is 2.16. The van der Waals surface area contributed by atoms with Crippen LogP contribution in [0.4, 0.5) is 0 Å². The van der Waals surface area contributed by atoms with Crippen molar-refractivity contribution in [3.63, 3.8) is 0 Å². The molecule has 0 radical (unpaired) electrons. The average Bonchev–Trinajstić information content (AvgIpc) is 3.12. The number of amides is 1. The minimum Gasteiger partial charge on any atom is -0.497 e. The number of aliphatic hydroxyl groups excluding tert-OH is 1. The summed E-state index contributed by atoms with van der Waals surface area (Å²) >= 11 is 0. The SMILES string of the molecule is COc1cc(CCC2CCN(C(=O)[C@H]3C[C@H](O)CN3)CC2)cc(OC)c1. The molecule has 1 aromatic rings. The molecule has 2 N–H and O–H groups in total. The van der Waals surface area contributed by atoms with Crippen molar-refractivity contribution in [3.8, 4) is 11.5 Å². The summed E-state index contributed by atoms with van der Waals surface area (Å²) in [7, 11) is 3.34. The van der Waals surface area contributed by atoms with Crippen molar-refractivity contribution in [2.24, 2.45) is 5.92 Å². The predicted molar refractivity (Wildman–Crippen MR) is 99.6 cm³/mol. The molecule has 3 rings (SSSR count). The van der Waals surface area contributed by atoms with E-state index in [2.05, 4.69) is 17.4 Å². The number of aliphatic hydroxyl groups is 1. The van der Waals surface area contributed by atoms with Crippen LogP contribution in [0, 0.1) is 5.92 Å². The molecule has 144 valence electrons. The van der Waals surface area contributed by atoms with E-state index in [0.717, 1.165) is 50.3 Å². The van der Waals surface area contributed by atoms with Crippen molar-refractivity contribution >= 4 is 5.91 Å². The van der Waals surface area contributed by atoms with E-state index in [-0.39, 0.29) is 18.1 Å². The lowest BCUT2D eigenvalue weighted by Crippen LogP contribution is -2.47. The Morgan fingerprint density at radius 1 is 1.19 bits per heavy atom. The first kappa shape index (κ1) is 19.0. The van der Waals surface area contributed by atoms with E-state index in [9.17, 15) is 9.90 Å². The molecule has 26 heavy (non-hydrogen) atoms. The van der Waals surface area contributed by atoms with Gasteiger partial charge in [0.25, 0.3) is 0 Å². The topological polar surface area (TPSA) is 71.0 Å². The summed E-state index contributed by atoms with van der Waals surface area (Å²) in [5.41, 5.74) is 1.23. The van der Waals surface area contributed by atoms with Gasteiger partial charge in [-0.3, -0.25) is 4.79 Å². The Morgan fingerprint density at radius 3 is 2.38 bits per heavy atom. The molecule has 0 aliphatic carbocycles. The van der Waals surface area contributed by atoms with E-state index in [4.69, 9.17) is 9.47 Å². The van der Waals surface area contributed by atoms with Gasteiger partial charge in [0, 0.05) is 25.7 Å². The predicted octanol–water partition coefficient (Wildman–Crippen LogP) is 1.60. The fourth-order valence-electron chi connectivity index (χ4n) is 3.95. The van der Waals surface area contributed by atoms with Gasteiger partial charge in [0.15, 0.2) is 0 Å². The number of likely N-dealkylation sites (tertiary alicyclic amines) is 1. The summed E-state index contributed by atoms with van der Waals surface area (Å²) < 4.78 is 10.7. The number of nitrogens with one attached hydrogen (secondary N) is 1. The molecular weight excluding hydrogens is 332 g/mol. The fraction of sp³-hybridized carbons (Fsp3) is 0.650. The molecule has 0 unspecified atom stereocenters. The fourth-order valence-corrected chi connectivity index (χ4v) is 3.95. The molecule has 0 bridgehead atoms. The number of methoxy groups -OCH3 is 2. The molecule has 1 aromatic carbocycles. The lowest BCUT2D eigenvalue weighted by atomic mass is 9.90. The van der Waals surface area contributed by atoms with Crippen LogP contribution < -0.4 is 14.8 Å². The quantitative estimate of drug-likeness (QED) is 0.804. The summed E-state index contributed by atoms with van der Waals surface area (Å²) in [6.07, 6.45) is 4.34. The van der Waals surface area contributed by atoms with Crippen LogP contribution in [0.5, 0.6) is 11.5 Å². The molecule has 2 aliphatic rings. The third-order valence-corrected chi connectivity index (χ3v) is 5.58. The maximum absolute atomic E-state index is 12.5. The van der Waals surface area contributed by atoms with Crippen molar-refractivity contribution in [1.82, 2.24) is 10.2 Å². The van der Waals surface area contributed by atoms with Crippen LogP contribution in [-0.4, -0.2) is 61.9 Å². The number of hydrogen-bond acceptors (Lipinski definition) is 5. The second kappa shape index (κ2) is 8.73. The monoisotopic (exact) mass is 362 g/mol. The van der Waals surface area contributed by atoms with Gasteiger partial charge in [-0.15, -0.1) is 0 Å². The number of benzene rings is 1. The van der Waals surface area contributed by atoms with Gasteiger partial charge < -0.3 is 24.8 Å². The van der Waals surface area contributed by atoms with Gasteiger partial charge in [-0.05, 0) is 55.7 Å². The molecule has 0 aromatic heterocycles. The van der Waals surface area contributed by atoms with E-state index in [1.54, 1.807) is 14.2 Å². The summed E-state index contributed by atoms with van der Waals surface area (Å²) in [5, 5.41) is 12.7. The Balaban J connectivity index is 1.46. The maximum atomic E-state index is 12.5. The minimum absolute atomic E-state index is 0.150. The summed E-state index contributed by atoms with van der Waals surface area (Å²) in [5.74, 6) is 2.44. The van der Waals surface area contributed by atoms with Crippen LogP contribution in [-0.2, 0) is 11.2 Å². The number of rotatable bonds is 6. The molecule has 2 fully saturated rings. The molecule has 0 saturated carbocycles.